The second-order valence-corrected chi connectivity index (χ2v) is 11.5. The first-order valence-electron chi connectivity index (χ1n) is 13.2. The van der Waals surface area contributed by atoms with Gasteiger partial charge >= 0.3 is 0 Å². The van der Waals surface area contributed by atoms with Gasteiger partial charge in [-0.05, 0) is 73.0 Å². The molecule has 0 aliphatic carbocycles. The van der Waals surface area contributed by atoms with Gasteiger partial charge in [-0.15, -0.1) is 0 Å². The summed E-state index contributed by atoms with van der Waals surface area (Å²) in [4.78, 5) is 12.8. The number of hydrogen-bond donors (Lipinski definition) is 1. The molecule has 0 unspecified atom stereocenters. The normalized spacial score (nSPS) is 11.5. The van der Waals surface area contributed by atoms with Gasteiger partial charge in [0.05, 0.1) is 23.4 Å². The van der Waals surface area contributed by atoms with Gasteiger partial charge in [0.25, 0.3) is 15.9 Å². The van der Waals surface area contributed by atoms with Crippen LogP contribution in [-0.2, 0) is 14.8 Å². The number of amides is 1. The van der Waals surface area contributed by atoms with Crippen LogP contribution in [0.1, 0.15) is 56.6 Å². The van der Waals surface area contributed by atoms with Crippen LogP contribution in [-0.4, -0.2) is 33.7 Å². The summed E-state index contributed by atoms with van der Waals surface area (Å²) in [6.45, 7) is 4.24. The molecule has 3 aromatic rings. The summed E-state index contributed by atoms with van der Waals surface area (Å²) in [6, 6.07) is 20.2. The van der Waals surface area contributed by atoms with Crippen LogP contribution in [0.2, 0.25) is 5.02 Å². The van der Waals surface area contributed by atoms with E-state index in [1.807, 2.05) is 31.2 Å². The lowest BCUT2D eigenvalue weighted by Gasteiger charge is -2.24. The number of carbonyl (C=O) groups is 1. The Kier molecular flexibility index (Phi) is 11.8. The summed E-state index contributed by atoms with van der Waals surface area (Å²) in [5, 5.41) is 4.40. The van der Waals surface area contributed by atoms with Gasteiger partial charge in [0.2, 0.25) is 0 Å². The molecule has 9 heteroatoms. The summed E-state index contributed by atoms with van der Waals surface area (Å²) >= 11 is 6.26. The first kappa shape index (κ1) is 30.2. The summed E-state index contributed by atoms with van der Waals surface area (Å²) in [6.07, 6.45) is 8.75. The van der Waals surface area contributed by atoms with Crippen molar-refractivity contribution >= 4 is 39.4 Å². The molecular weight excluding hydrogens is 534 g/mol. The molecule has 1 N–H and O–H groups in total. The van der Waals surface area contributed by atoms with Gasteiger partial charge in [-0.25, -0.2) is 13.8 Å². The number of nitrogens with one attached hydrogen (secondary N) is 1. The number of ether oxygens (including phenoxy) is 1. The van der Waals surface area contributed by atoms with E-state index in [-0.39, 0.29) is 10.6 Å². The predicted molar refractivity (Wildman–Crippen MR) is 158 cm³/mol. The van der Waals surface area contributed by atoms with Crippen LogP contribution < -0.4 is 14.5 Å². The quantitative estimate of drug-likeness (QED) is 0.125. The van der Waals surface area contributed by atoms with Crippen molar-refractivity contribution in [3.05, 3.63) is 88.9 Å². The molecule has 0 saturated carbocycles. The average molecular weight is 570 g/mol. The summed E-state index contributed by atoms with van der Waals surface area (Å²) < 4.78 is 33.6. The fourth-order valence-electron chi connectivity index (χ4n) is 3.84. The van der Waals surface area contributed by atoms with Crippen molar-refractivity contribution in [2.24, 2.45) is 5.10 Å². The van der Waals surface area contributed by atoms with Gasteiger partial charge in [0.1, 0.15) is 12.3 Å². The molecule has 208 valence electrons. The van der Waals surface area contributed by atoms with E-state index < -0.39 is 22.5 Å². The fourth-order valence-corrected chi connectivity index (χ4v) is 5.45. The summed E-state index contributed by atoms with van der Waals surface area (Å²) in [5.74, 6) is 0.185. The maximum Gasteiger partial charge on any atom is 0.264 e. The van der Waals surface area contributed by atoms with Crippen molar-refractivity contribution in [3.8, 4) is 5.75 Å². The summed E-state index contributed by atoms with van der Waals surface area (Å²) in [7, 11) is -4.03. The van der Waals surface area contributed by atoms with Crippen LogP contribution in [0, 0.1) is 6.92 Å². The smallest absolute Gasteiger partial charge is 0.264 e. The SMILES string of the molecule is CCCCCCCCOc1ccc(/C=N/NC(=O)CN(c2ccc(C)c(Cl)c2)S(=O)(=O)c2ccccc2)cc1. The third-order valence-corrected chi connectivity index (χ3v) is 8.31. The second kappa shape index (κ2) is 15.3. The molecule has 0 aliphatic heterocycles. The Labute approximate surface area is 236 Å². The van der Waals surface area contributed by atoms with Crippen molar-refractivity contribution in [1.29, 1.82) is 0 Å². The highest BCUT2D eigenvalue weighted by Crippen LogP contribution is 2.28. The van der Waals surface area contributed by atoms with Gasteiger partial charge in [-0.1, -0.05) is 74.9 Å². The molecule has 0 atom stereocenters. The average Bonchev–Trinajstić information content (AvgIpc) is 2.94. The van der Waals surface area contributed by atoms with E-state index in [4.69, 9.17) is 16.3 Å². The largest absolute Gasteiger partial charge is 0.494 e. The Hall–Kier alpha value is -3.36. The Bertz CT molecular complexity index is 1330. The Morgan fingerprint density at radius 2 is 1.67 bits per heavy atom. The van der Waals surface area contributed by atoms with E-state index in [2.05, 4.69) is 17.5 Å². The molecule has 0 fully saturated rings. The van der Waals surface area contributed by atoms with Crippen LogP contribution >= 0.6 is 11.6 Å². The molecule has 0 aromatic heterocycles. The molecule has 39 heavy (non-hydrogen) atoms. The minimum Gasteiger partial charge on any atom is -0.494 e. The second-order valence-electron chi connectivity index (χ2n) is 9.24. The molecule has 0 radical (unpaired) electrons. The molecule has 0 heterocycles. The van der Waals surface area contributed by atoms with E-state index in [1.165, 1.54) is 56.5 Å². The highest BCUT2D eigenvalue weighted by molar-refractivity contribution is 7.92. The topological polar surface area (TPSA) is 88.1 Å². The van der Waals surface area contributed by atoms with Crippen molar-refractivity contribution in [2.75, 3.05) is 17.5 Å². The van der Waals surface area contributed by atoms with Crippen LogP contribution in [0.25, 0.3) is 0 Å². The monoisotopic (exact) mass is 569 g/mol. The Balaban J connectivity index is 1.59. The zero-order valence-corrected chi connectivity index (χ0v) is 24.0. The number of sulfonamides is 1. The third-order valence-electron chi connectivity index (χ3n) is 6.11. The van der Waals surface area contributed by atoms with Crippen molar-refractivity contribution < 1.29 is 17.9 Å². The number of benzene rings is 3. The lowest BCUT2D eigenvalue weighted by molar-refractivity contribution is -0.119. The number of nitrogens with zero attached hydrogens (tertiary/aromatic N) is 2. The first-order chi connectivity index (χ1) is 18.8. The number of hydrazone groups is 1. The maximum atomic E-state index is 13.4. The van der Waals surface area contributed by atoms with Crippen LogP contribution in [0.15, 0.2) is 82.8 Å². The van der Waals surface area contributed by atoms with Crippen LogP contribution in [0.3, 0.4) is 0 Å². The number of anilines is 1. The number of unbranched alkanes of at least 4 members (excludes halogenated alkanes) is 5. The van der Waals surface area contributed by atoms with Gasteiger partial charge in [0, 0.05) is 5.02 Å². The van der Waals surface area contributed by atoms with Crippen molar-refractivity contribution in [2.45, 2.75) is 57.3 Å². The summed E-state index contributed by atoms with van der Waals surface area (Å²) in [5.41, 5.74) is 4.26. The minimum atomic E-state index is -4.03. The van der Waals surface area contributed by atoms with Gasteiger partial charge in [-0.2, -0.15) is 5.10 Å². The highest BCUT2D eigenvalue weighted by atomic mass is 35.5. The maximum absolute atomic E-state index is 13.4. The van der Waals surface area contributed by atoms with Crippen molar-refractivity contribution in [1.82, 2.24) is 5.43 Å². The van der Waals surface area contributed by atoms with Gasteiger partial charge in [0.15, 0.2) is 0 Å². The van der Waals surface area contributed by atoms with E-state index in [0.29, 0.717) is 11.6 Å². The lowest BCUT2D eigenvalue weighted by atomic mass is 10.1. The van der Waals surface area contributed by atoms with Crippen molar-refractivity contribution in [3.63, 3.8) is 0 Å². The zero-order valence-electron chi connectivity index (χ0n) is 22.5. The number of carbonyl (C=O) groups excluding carboxylic acids is 1. The molecule has 3 rings (SSSR count). The fraction of sp³-hybridized carbons (Fsp3) is 0.333. The first-order valence-corrected chi connectivity index (χ1v) is 15.0. The van der Waals surface area contributed by atoms with E-state index in [1.54, 1.807) is 30.3 Å². The number of aryl methyl sites for hydroxylation is 1. The number of halogens is 1. The lowest BCUT2D eigenvalue weighted by Crippen LogP contribution is -2.39. The number of rotatable bonds is 15. The van der Waals surface area contributed by atoms with Gasteiger partial charge in [-0.3, -0.25) is 9.10 Å². The molecule has 1 amide bonds. The molecule has 0 aliphatic rings. The predicted octanol–water partition coefficient (Wildman–Crippen LogP) is 6.73. The van der Waals surface area contributed by atoms with Gasteiger partial charge < -0.3 is 4.74 Å². The molecule has 7 nitrogen and oxygen atoms in total. The highest BCUT2D eigenvalue weighted by Gasteiger charge is 2.27. The third kappa shape index (κ3) is 9.41. The zero-order chi connectivity index (χ0) is 28.1. The molecule has 0 spiro atoms. The van der Waals surface area contributed by atoms with Crippen LogP contribution in [0.4, 0.5) is 5.69 Å². The molecule has 0 bridgehead atoms. The molecule has 0 saturated heterocycles. The van der Waals surface area contributed by atoms with Crippen LogP contribution in [0.5, 0.6) is 5.75 Å². The Morgan fingerprint density at radius 1 is 0.974 bits per heavy atom. The molecular formula is C30H36ClN3O4S. The molecule has 3 aromatic carbocycles. The number of hydrogen-bond acceptors (Lipinski definition) is 5. The standard InChI is InChI=1S/C30H36ClN3O4S/c1-3-4-5-6-7-11-20-38-27-18-15-25(16-19-27)22-32-33-30(35)23-34(26-17-14-24(2)29(31)21-26)39(36,37)28-12-9-8-10-13-28/h8-10,12-19,21-22H,3-7,11,20,23H2,1-2H3,(H,33,35)/b32-22+. The van der Waals surface area contributed by atoms with E-state index in [9.17, 15) is 13.2 Å². The minimum absolute atomic E-state index is 0.0665. The van der Waals surface area contributed by atoms with E-state index >= 15 is 0 Å². The Morgan fingerprint density at radius 3 is 2.36 bits per heavy atom. The van der Waals surface area contributed by atoms with E-state index in [0.717, 1.165) is 27.6 Å².